The van der Waals surface area contributed by atoms with E-state index in [-0.39, 0.29) is 11.5 Å². The first kappa shape index (κ1) is 14.8. The average molecular weight is 282 g/mol. The molecule has 20 heavy (non-hydrogen) atoms. The van der Waals surface area contributed by atoms with Gasteiger partial charge in [-0.1, -0.05) is 38.5 Å². The normalized spacial score (nSPS) is 34.8. The van der Waals surface area contributed by atoms with Crippen LogP contribution < -0.4 is 0 Å². The van der Waals surface area contributed by atoms with Crippen LogP contribution >= 0.6 is 0 Å². The molecule has 0 amide bonds. The second kappa shape index (κ2) is 5.94. The van der Waals surface area contributed by atoms with Gasteiger partial charge in [0.1, 0.15) is 0 Å². The predicted molar refractivity (Wildman–Crippen MR) is 78.5 cm³/mol. The average Bonchev–Trinajstić information content (AvgIpc) is 2.48. The minimum atomic E-state index is -0.823. The molecule has 1 saturated heterocycles. The van der Waals surface area contributed by atoms with Crippen molar-refractivity contribution in [3.8, 4) is 0 Å². The lowest BCUT2D eigenvalue weighted by Gasteiger charge is -2.48. The molecule has 0 aromatic rings. The van der Waals surface area contributed by atoms with E-state index in [0.29, 0.717) is 0 Å². The summed E-state index contributed by atoms with van der Waals surface area (Å²) in [4.78, 5) is 0. The SMILES string of the molecule is OC(C1CCOC2(CCCCC2)C1)C1(O)CCCCC1. The zero-order valence-electron chi connectivity index (χ0n) is 12.6. The van der Waals surface area contributed by atoms with E-state index >= 15 is 0 Å². The van der Waals surface area contributed by atoms with E-state index in [0.717, 1.165) is 58.0 Å². The molecule has 3 rings (SSSR count). The molecular formula is C17H30O3. The van der Waals surface area contributed by atoms with Crippen LogP contribution in [0.15, 0.2) is 0 Å². The fourth-order valence-corrected chi connectivity index (χ4v) is 4.78. The maximum Gasteiger partial charge on any atom is 0.0908 e. The van der Waals surface area contributed by atoms with Crippen molar-refractivity contribution in [1.82, 2.24) is 0 Å². The van der Waals surface area contributed by atoms with Crippen molar-refractivity contribution in [2.75, 3.05) is 6.61 Å². The van der Waals surface area contributed by atoms with Crippen LogP contribution in [0.3, 0.4) is 0 Å². The Morgan fingerprint density at radius 3 is 2.15 bits per heavy atom. The molecule has 0 aromatic heterocycles. The van der Waals surface area contributed by atoms with Gasteiger partial charge in [0.25, 0.3) is 0 Å². The Labute approximate surface area is 122 Å². The molecule has 3 heteroatoms. The summed E-state index contributed by atoms with van der Waals surface area (Å²) in [6, 6.07) is 0. The summed E-state index contributed by atoms with van der Waals surface area (Å²) in [5.74, 6) is 0.227. The predicted octanol–water partition coefficient (Wildman–Crippen LogP) is 3.17. The van der Waals surface area contributed by atoms with Gasteiger partial charge in [0.05, 0.1) is 17.3 Å². The number of hydrogen-bond donors (Lipinski definition) is 2. The molecule has 2 N–H and O–H groups in total. The Morgan fingerprint density at radius 2 is 1.50 bits per heavy atom. The second-order valence-electron chi connectivity index (χ2n) is 7.45. The lowest BCUT2D eigenvalue weighted by Crippen LogP contribution is -2.52. The topological polar surface area (TPSA) is 49.7 Å². The second-order valence-corrected chi connectivity index (χ2v) is 7.45. The van der Waals surface area contributed by atoms with Crippen molar-refractivity contribution in [1.29, 1.82) is 0 Å². The van der Waals surface area contributed by atoms with E-state index in [4.69, 9.17) is 4.74 Å². The van der Waals surface area contributed by atoms with Crippen LogP contribution in [0.4, 0.5) is 0 Å². The minimum absolute atomic E-state index is 0.0210. The van der Waals surface area contributed by atoms with E-state index in [1.165, 1.54) is 25.7 Å². The van der Waals surface area contributed by atoms with Crippen molar-refractivity contribution in [3.05, 3.63) is 0 Å². The molecule has 2 saturated carbocycles. The molecule has 0 bridgehead atoms. The van der Waals surface area contributed by atoms with Crippen LogP contribution in [0.2, 0.25) is 0 Å². The molecule has 3 nitrogen and oxygen atoms in total. The first-order valence-corrected chi connectivity index (χ1v) is 8.68. The van der Waals surface area contributed by atoms with Gasteiger partial charge in [-0.2, -0.15) is 0 Å². The standard InChI is InChI=1S/C17H30O3/c18-15(17(19)10-5-2-6-11-17)14-7-12-20-16(13-14)8-3-1-4-9-16/h14-15,18-19H,1-13H2. The zero-order chi connectivity index (χ0) is 14.1. The number of hydrogen-bond acceptors (Lipinski definition) is 3. The first-order valence-electron chi connectivity index (χ1n) is 8.68. The molecule has 1 aliphatic heterocycles. The van der Waals surface area contributed by atoms with Crippen molar-refractivity contribution in [3.63, 3.8) is 0 Å². The van der Waals surface area contributed by atoms with Crippen LogP contribution in [0.25, 0.3) is 0 Å². The molecule has 0 radical (unpaired) electrons. The highest BCUT2D eigenvalue weighted by molar-refractivity contribution is 4.98. The fourth-order valence-electron chi connectivity index (χ4n) is 4.78. The van der Waals surface area contributed by atoms with Crippen molar-refractivity contribution >= 4 is 0 Å². The Hall–Kier alpha value is -0.120. The highest BCUT2D eigenvalue weighted by atomic mass is 16.5. The van der Waals surface area contributed by atoms with Crippen LogP contribution in [0.1, 0.15) is 77.0 Å². The van der Waals surface area contributed by atoms with Gasteiger partial charge in [0.2, 0.25) is 0 Å². The highest BCUT2D eigenvalue weighted by Crippen LogP contribution is 2.44. The summed E-state index contributed by atoms with van der Waals surface area (Å²) in [5.41, 5.74) is -0.802. The van der Waals surface area contributed by atoms with Crippen LogP contribution in [0, 0.1) is 5.92 Å². The smallest absolute Gasteiger partial charge is 0.0908 e. The monoisotopic (exact) mass is 282 g/mol. The summed E-state index contributed by atoms with van der Waals surface area (Å²) in [5, 5.41) is 21.6. The Bertz CT molecular complexity index is 297. The molecule has 116 valence electrons. The van der Waals surface area contributed by atoms with Gasteiger partial charge >= 0.3 is 0 Å². The van der Waals surface area contributed by atoms with E-state index in [1.54, 1.807) is 0 Å². The van der Waals surface area contributed by atoms with Crippen molar-refractivity contribution in [2.45, 2.75) is 94.4 Å². The van der Waals surface area contributed by atoms with Gasteiger partial charge in [-0.15, -0.1) is 0 Å². The van der Waals surface area contributed by atoms with E-state index < -0.39 is 11.7 Å². The van der Waals surface area contributed by atoms with Crippen LogP contribution in [0.5, 0.6) is 0 Å². The van der Waals surface area contributed by atoms with E-state index in [9.17, 15) is 10.2 Å². The maximum atomic E-state index is 10.8. The molecule has 2 aliphatic carbocycles. The van der Waals surface area contributed by atoms with Crippen molar-refractivity contribution in [2.24, 2.45) is 5.92 Å². The molecule has 3 fully saturated rings. The third-order valence-electron chi connectivity index (χ3n) is 6.01. The van der Waals surface area contributed by atoms with E-state index in [2.05, 4.69) is 0 Å². The van der Waals surface area contributed by atoms with Crippen molar-refractivity contribution < 1.29 is 14.9 Å². The lowest BCUT2D eigenvalue weighted by molar-refractivity contribution is -0.173. The fraction of sp³-hybridized carbons (Fsp3) is 1.00. The number of rotatable bonds is 2. The molecular weight excluding hydrogens is 252 g/mol. The van der Waals surface area contributed by atoms with Crippen LogP contribution in [-0.2, 0) is 4.74 Å². The molecule has 0 aromatic carbocycles. The zero-order valence-corrected chi connectivity index (χ0v) is 12.6. The van der Waals surface area contributed by atoms with Gasteiger partial charge in [-0.3, -0.25) is 0 Å². The third kappa shape index (κ3) is 2.90. The maximum absolute atomic E-state index is 10.8. The quantitative estimate of drug-likeness (QED) is 0.818. The van der Waals surface area contributed by atoms with Gasteiger partial charge < -0.3 is 14.9 Å². The number of aliphatic hydroxyl groups excluding tert-OH is 1. The van der Waals surface area contributed by atoms with Gasteiger partial charge in [-0.05, 0) is 44.4 Å². The summed E-state index contributed by atoms with van der Waals surface area (Å²) in [7, 11) is 0. The van der Waals surface area contributed by atoms with Crippen LogP contribution in [-0.4, -0.2) is 34.1 Å². The van der Waals surface area contributed by atoms with Gasteiger partial charge in [0, 0.05) is 6.61 Å². The number of aliphatic hydroxyl groups is 2. The lowest BCUT2D eigenvalue weighted by atomic mass is 9.69. The Kier molecular flexibility index (Phi) is 4.40. The highest BCUT2D eigenvalue weighted by Gasteiger charge is 2.46. The Morgan fingerprint density at radius 1 is 0.900 bits per heavy atom. The van der Waals surface area contributed by atoms with E-state index in [1.807, 2.05) is 0 Å². The molecule has 3 aliphatic rings. The molecule has 1 heterocycles. The molecule has 2 atom stereocenters. The molecule has 2 unspecified atom stereocenters. The minimum Gasteiger partial charge on any atom is -0.390 e. The van der Waals surface area contributed by atoms with Gasteiger partial charge in [0.15, 0.2) is 0 Å². The largest absolute Gasteiger partial charge is 0.390 e. The summed E-state index contributed by atoms with van der Waals surface area (Å²) < 4.78 is 6.11. The van der Waals surface area contributed by atoms with Gasteiger partial charge in [-0.25, -0.2) is 0 Å². The Balaban J connectivity index is 1.66. The molecule has 1 spiro atoms. The first-order chi connectivity index (χ1) is 9.64. The summed E-state index contributed by atoms with van der Waals surface area (Å²) >= 11 is 0. The number of ether oxygens (including phenoxy) is 1. The summed E-state index contributed by atoms with van der Waals surface area (Å²) in [6.45, 7) is 0.762. The summed E-state index contributed by atoms with van der Waals surface area (Å²) in [6.07, 6.45) is 12.3. The third-order valence-corrected chi connectivity index (χ3v) is 6.01.